The third-order valence-corrected chi connectivity index (χ3v) is 1.46. The molecular formula is C8H13N5O4. The Bertz CT molecular complexity index is 459. The first-order valence-electron chi connectivity index (χ1n) is 4.78. The number of aromatic nitrogens is 2. The minimum absolute atomic E-state index is 0.0696. The molecule has 0 atom stereocenters. The van der Waals surface area contributed by atoms with Crippen LogP contribution in [0.3, 0.4) is 0 Å². The number of azo groups is 1. The molecule has 9 nitrogen and oxygen atoms in total. The number of nitrogens with zero attached hydrogens (tertiary/aromatic N) is 4. The highest BCUT2D eigenvalue weighted by molar-refractivity contribution is 5.88. The monoisotopic (exact) mass is 243 g/mol. The average Bonchev–Trinajstić information content (AvgIpc) is 2.44. The van der Waals surface area contributed by atoms with Crippen LogP contribution in [-0.2, 0) is 4.79 Å². The molecule has 1 N–H and O–H groups in total. The molecule has 94 valence electrons. The fraction of sp³-hybridized carbons (Fsp3) is 0.625. The van der Waals surface area contributed by atoms with Gasteiger partial charge in [-0.05, 0) is 20.8 Å². The summed E-state index contributed by atoms with van der Waals surface area (Å²) in [5, 5.41) is 31.8. The van der Waals surface area contributed by atoms with Gasteiger partial charge in [0.15, 0.2) is 0 Å². The Labute approximate surface area is 96.8 Å². The molecule has 0 aliphatic carbocycles. The molecule has 0 saturated carbocycles. The Morgan fingerprint density at radius 1 is 1.59 bits per heavy atom. The fourth-order valence-electron chi connectivity index (χ4n) is 0.955. The topological polar surface area (TPSA) is 120 Å². The zero-order valence-corrected chi connectivity index (χ0v) is 9.92. The highest BCUT2D eigenvalue weighted by Gasteiger charge is 2.25. The lowest BCUT2D eigenvalue weighted by atomic mass is 10.1. The van der Waals surface area contributed by atoms with Crippen molar-refractivity contribution in [2.75, 3.05) is 5.32 Å². The zero-order valence-electron chi connectivity index (χ0n) is 9.92. The number of carbonyl (C=O) groups excluding carboxylic acids is 1. The summed E-state index contributed by atoms with van der Waals surface area (Å²) in [6.45, 7) is 6.27. The van der Waals surface area contributed by atoms with Crippen molar-refractivity contribution in [3.8, 4) is 0 Å². The SMILES string of the molecule is CC(=O)Nc1c([N+]([O-])=NC(C)(C)C)no[n+]1[O-]. The molecule has 17 heavy (non-hydrogen) atoms. The van der Waals surface area contributed by atoms with E-state index in [9.17, 15) is 15.2 Å². The highest BCUT2D eigenvalue weighted by Crippen LogP contribution is 2.19. The molecule has 1 heterocycles. The van der Waals surface area contributed by atoms with Gasteiger partial charge in [-0.1, -0.05) is 4.90 Å². The minimum atomic E-state index is -0.651. The average molecular weight is 243 g/mol. The molecule has 0 bridgehead atoms. The summed E-state index contributed by atoms with van der Waals surface area (Å²) in [4.78, 5) is 10.9. The van der Waals surface area contributed by atoms with E-state index in [1.807, 2.05) is 0 Å². The smallest absolute Gasteiger partial charge is 0.408 e. The molecule has 0 aliphatic heterocycles. The maximum Gasteiger partial charge on any atom is 0.408 e. The highest BCUT2D eigenvalue weighted by atomic mass is 16.8. The molecule has 1 aromatic heterocycles. The molecule has 0 aliphatic rings. The summed E-state index contributed by atoms with van der Waals surface area (Å²) in [5.41, 5.74) is -0.651. The summed E-state index contributed by atoms with van der Waals surface area (Å²) in [6, 6.07) is 0. The van der Waals surface area contributed by atoms with Crippen molar-refractivity contribution in [2.45, 2.75) is 33.2 Å². The van der Waals surface area contributed by atoms with Crippen LogP contribution in [-0.4, -0.2) is 21.5 Å². The van der Waals surface area contributed by atoms with Crippen LogP contribution >= 0.6 is 0 Å². The maximum absolute atomic E-state index is 11.6. The fourth-order valence-corrected chi connectivity index (χ4v) is 0.955. The van der Waals surface area contributed by atoms with Gasteiger partial charge in [0.1, 0.15) is 0 Å². The van der Waals surface area contributed by atoms with Crippen molar-refractivity contribution in [3.63, 3.8) is 0 Å². The van der Waals surface area contributed by atoms with Crippen molar-refractivity contribution in [1.82, 2.24) is 5.16 Å². The van der Waals surface area contributed by atoms with Gasteiger partial charge >= 0.3 is 11.6 Å². The predicted octanol–water partition coefficient (Wildman–Crippen LogP) is 0.659. The minimum Gasteiger partial charge on any atom is -0.691 e. The van der Waals surface area contributed by atoms with E-state index in [0.29, 0.717) is 0 Å². The van der Waals surface area contributed by atoms with Gasteiger partial charge in [-0.15, -0.1) is 9.97 Å². The van der Waals surface area contributed by atoms with Gasteiger partial charge in [-0.2, -0.15) is 0 Å². The number of hydrogen-bond donors (Lipinski definition) is 1. The molecule has 0 fully saturated rings. The van der Waals surface area contributed by atoms with Crippen molar-refractivity contribution in [3.05, 3.63) is 10.4 Å². The van der Waals surface area contributed by atoms with Crippen LogP contribution in [0.15, 0.2) is 9.74 Å². The lowest BCUT2D eigenvalue weighted by Gasteiger charge is -2.12. The van der Waals surface area contributed by atoms with Crippen LogP contribution in [0.25, 0.3) is 0 Å². The number of carbonyl (C=O) groups is 1. The second kappa shape index (κ2) is 4.36. The largest absolute Gasteiger partial charge is 0.691 e. The Morgan fingerprint density at radius 3 is 2.65 bits per heavy atom. The second-order valence-corrected chi connectivity index (χ2v) is 4.33. The van der Waals surface area contributed by atoms with Crippen molar-refractivity contribution >= 4 is 17.5 Å². The first-order valence-corrected chi connectivity index (χ1v) is 4.78. The van der Waals surface area contributed by atoms with Gasteiger partial charge in [-0.25, -0.2) is 5.32 Å². The predicted molar refractivity (Wildman–Crippen MR) is 55.2 cm³/mol. The molecule has 1 amide bonds. The molecule has 0 aromatic carbocycles. The number of nitrogens with one attached hydrogen (secondary N) is 1. The zero-order chi connectivity index (χ0) is 13.2. The van der Waals surface area contributed by atoms with Crippen LogP contribution in [0, 0.1) is 10.4 Å². The number of hydrogen-bond acceptors (Lipinski definition) is 6. The lowest BCUT2D eigenvalue weighted by Crippen LogP contribution is -2.29. The van der Waals surface area contributed by atoms with Gasteiger partial charge in [-0.3, -0.25) is 4.79 Å². The van der Waals surface area contributed by atoms with Gasteiger partial charge in [0, 0.05) is 12.1 Å². The van der Waals surface area contributed by atoms with Crippen molar-refractivity contribution in [2.24, 2.45) is 5.11 Å². The van der Waals surface area contributed by atoms with Crippen LogP contribution in [0.2, 0.25) is 0 Å². The van der Waals surface area contributed by atoms with Crippen LogP contribution in [0.1, 0.15) is 27.7 Å². The van der Waals surface area contributed by atoms with Gasteiger partial charge < -0.3 is 15.0 Å². The molecular weight excluding hydrogens is 230 g/mol. The van der Waals surface area contributed by atoms with E-state index >= 15 is 0 Å². The first kappa shape index (κ1) is 12.9. The van der Waals surface area contributed by atoms with E-state index in [2.05, 4.69) is 20.2 Å². The third-order valence-electron chi connectivity index (χ3n) is 1.46. The van der Waals surface area contributed by atoms with Gasteiger partial charge in [0.25, 0.3) is 5.91 Å². The molecule has 1 rings (SSSR count). The Hall–Kier alpha value is -2.19. The van der Waals surface area contributed by atoms with E-state index < -0.39 is 17.3 Å². The Balaban J connectivity index is 3.15. The Kier molecular flexibility index (Phi) is 3.30. The standard InChI is InChI=1S/C8H13N5O4/c1-5(14)9-6-7(10-17-13(6)16)12(15)11-8(2,3)4/h1-4H3,(H,9,14). The second-order valence-electron chi connectivity index (χ2n) is 4.33. The van der Waals surface area contributed by atoms with E-state index in [-0.39, 0.29) is 15.6 Å². The van der Waals surface area contributed by atoms with Crippen LogP contribution < -0.4 is 10.2 Å². The maximum atomic E-state index is 11.6. The van der Waals surface area contributed by atoms with Crippen LogP contribution in [0.4, 0.5) is 11.6 Å². The third kappa shape index (κ3) is 3.40. The van der Waals surface area contributed by atoms with Crippen molar-refractivity contribution < 1.29 is 19.2 Å². The quantitative estimate of drug-likeness (QED) is 0.354. The normalized spacial score (nSPS) is 12.6. The van der Waals surface area contributed by atoms with E-state index in [4.69, 9.17) is 0 Å². The molecule has 0 saturated heterocycles. The number of amides is 1. The van der Waals surface area contributed by atoms with E-state index in [1.54, 1.807) is 20.8 Å². The molecule has 0 spiro atoms. The summed E-state index contributed by atoms with van der Waals surface area (Å²) >= 11 is 0. The van der Waals surface area contributed by atoms with E-state index in [1.165, 1.54) is 6.92 Å². The number of rotatable bonds is 2. The summed E-state index contributed by atoms with van der Waals surface area (Å²) in [5.74, 6) is -1.31. The van der Waals surface area contributed by atoms with Gasteiger partial charge in [0.2, 0.25) is 0 Å². The Morgan fingerprint density at radius 2 is 2.18 bits per heavy atom. The van der Waals surface area contributed by atoms with E-state index in [0.717, 1.165) is 0 Å². The number of anilines is 1. The lowest BCUT2D eigenvalue weighted by molar-refractivity contribution is -0.790. The van der Waals surface area contributed by atoms with Crippen molar-refractivity contribution in [1.29, 1.82) is 0 Å². The molecule has 0 unspecified atom stereocenters. The first-order chi connectivity index (χ1) is 7.70. The molecule has 9 heteroatoms. The summed E-state index contributed by atoms with van der Waals surface area (Å²) in [7, 11) is 0. The summed E-state index contributed by atoms with van der Waals surface area (Å²) in [6.07, 6.45) is 0. The molecule has 1 aromatic rings. The van der Waals surface area contributed by atoms with Gasteiger partial charge in [0.05, 0.1) is 5.54 Å². The molecule has 0 radical (unpaired) electrons. The van der Waals surface area contributed by atoms with Crippen LogP contribution in [0.5, 0.6) is 0 Å². The summed E-state index contributed by atoms with van der Waals surface area (Å²) < 4.78 is 4.23.